The Morgan fingerprint density at radius 3 is 2.35 bits per heavy atom. The molecule has 4 rings (SSSR count). The predicted molar refractivity (Wildman–Crippen MR) is 140 cm³/mol. The second-order valence-electron chi connectivity index (χ2n) is 8.92. The van der Waals surface area contributed by atoms with Gasteiger partial charge < -0.3 is 29.7 Å². The first kappa shape index (κ1) is 26.7. The van der Waals surface area contributed by atoms with E-state index >= 15 is 0 Å². The molecule has 1 unspecified atom stereocenters. The largest absolute Gasteiger partial charge is 0.506 e. The topological polar surface area (TPSA) is 126 Å². The molecule has 0 saturated carbocycles. The lowest BCUT2D eigenvalue weighted by Gasteiger charge is -2.34. The Morgan fingerprint density at radius 1 is 0.973 bits per heavy atom. The summed E-state index contributed by atoms with van der Waals surface area (Å²) < 4.78 is 43.6. The zero-order valence-electron chi connectivity index (χ0n) is 20.5. The number of phenols is 1. The van der Waals surface area contributed by atoms with Gasteiger partial charge in [0.25, 0.3) is 0 Å². The molecule has 0 spiro atoms. The molecule has 1 aliphatic rings. The van der Waals surface area contributed by atoms with Gasteiger partial charge in [-0.2, -0.15) is 0 Å². The molecular weight excluding hydrogens is 496 g/mol. The molecule has 37 heavy (non-hydrogen) atoms. The highest BCUT2D eigenvalue weighted by atomic mass is 32.2. The van der Waals surface area contributed by atoms with Gasteiger partial charge in [-0.15, -0.1) is 0 Å². The van der Waals surface area contributed by atoms with E-state index in [4.69, 9.17) is 14.2 Å². The van der Waals surface area contributed by atoms with Crippen LogP contribution in [-0.2, 0) is 21.4 Å². The van der Waals surface area contributed by atoms with Gasteiger partial charge in [-0.3, -0.25) is 4.72 Å². The predicted octanol–water partition coefficient (Wildman–Crippen LogP) is 3.20. The maximum atomic E-state index is 11.5. The quantitative estimate of drug-likeness (QED) is 0.209. The average Bonchev–Trinajstić information content (AvgIpc) is 2.87. The number of ether oxygens (including phenoxy) is 3. The molecular formula is C27H32N2O7S. The number of aromatic hydroxyl groups is 1. The van der Waals surface area contributed by atoms with Crippen molar-refractivity contribution in [3.8, 4) is 17.2 Å². The number of nitrogens with one attached hydrogen (secondary N) is 2. The Bertz CT molecular complexity index is 1270. The van der Waals surface area contributed by atoms with Crippen molar-refractivity contribution in [2.45, 2.75) is 31.3 Å². The Hall–Kier alpha value is -3.31. The minimum Gasteiger partial charge on any atom is -0.506 e. The average molecular weight is 529 g/mol. The molecule has 1 heterocycles. The van der Waals surface area contributed by atoms with Gasteiger partial charge in [0.1, 0.15) is 11.9 Å². The van der Waals surface area contributed by atoms with Crippen molar-refractivity contribution < 1.29 is 32.8 Å². The van der Waals surface area contributed by atoms with Crippen LogP contribution in [0.1, 0.15) is 23.7 Å². The van der Waals surface area contributed by atoms with Gasteiger partial charge >= 0.3 is 0 Å². The smallest absolute Gasteiger partial charge is 0.229 e. The zero-order valence-corrected chi connectivity index (χ0v) is 21.4. The number of sulfonamides is 1. The second kappa shape index (κ2) is 12.3. The molecule has 1 aliphatic heterocycles. The van der Waals surface area contributed by atoms with Crippen LogP contribution >= 0.6 is 0 Å². The Balaban J connectivity index is 1.31. The Labute approximate surface area is 217 Å². The van der Waals surface area contributed by atoms with E-state index in [-0.39, 0.29) is 30.2 Å². The molecule has 4 N–H and O–H groups in total. The highest BCUT2D eigenvalue weighted by Crippen LogP contribution is 2.34. The van der Waals surface area contributed by atoms with E-state index in [0.29, 0.717) is 43.2 Å². The molecule has 0 radical (unpaired) electrons. The normalized spacial score (nSPS) is 17.8. The van der Waals surface area contributed by atoms with Crippen molar-refractivity contribution in [2.75, 3.05) is 30.7 Å². The van der Waals surface area contributed by atoms with Crippen LogP contribution in [-0.4, -0.2) is 56.8 Å². The minimum absolute atomic E-state index is 0.0174. The zero-order chi connectivity index (χ0) is 26.3. The fourth-order valence-electron chi connectivity index (χ4n) is 4.02. The number of anilines is 1. The van der Waals surface area contributed by atoms with Crippen LogP contribution in [0.15, 0.2) is 72.8 Å². The van der Waals surface area contributed by atoms with E-state index in [1.54, 1.807) is 6.07 Å². The summed E-state index contributed by atoms with van der Waals surface area (Å²) in [5.74, 6) is 1.15. The van der Waals surface area contributed by atoms with Crippen molar-refractivity contribution in [1.82, 2.24) is 5.32 Å². The number of phenolic OH excluding ortho intramolecular Hbond substituents is 1. The molecule has 0 saturated heterocycles. The van der Waals surface area contributed by atoms with E-state index in [0.717, 1.165) is 11.8 Å². The highest BCUT2D eigenvalue weighted by Gasteiger charge is 2.31. The second-order valence-corrected chi connectivity index (χ2v) is 10.7. The third-order valence-electron chi connectivity index (χ3n) is 5.86. The van der Waals surface area contributed by atoms with Gasteiger partial charge in [0, 0.05) is 13.0 Å². The van der Waals surface area contributed by atoms with Crippen LogP contribution in [0, 0.1) is 0 Å². The molecule has 3 aromatic rings. The van der Waals surface area contributed by atoms with E-state index < -0.39 is 16.1 Å². The summed E-state index contributed by atoms with van der Waals surface area (Å²) >= 11 is 0. The minimum atomic E-state index is -3.57. The van der Waals surface area contributed by atoms with E-state index in [9.17, 15) is 18.6 Å². The van der Waals surface area contributed by atoms with Crippen molar-refractivity contribution in [3.63, 3.8) is 0 Å². The standard InChI is InChI=1S/C27H32N2O7S/c1-37(32,33)29-21-15-20(11-12-22(21)30)23(31)16-28-14-13-26-27(18-34-17-19-7-3-2-4-8-19)36-25-10-6-5-9-24(25)35-26/h2-12,15,23,26-31H,13-14,16-18H2,1H3/t23-,26?,27+/m0/s1. The molecule has 0 bridgehead atoms. The molecule has 3 aromatic carbocycles. The summed E-state index contributed by atoms with van der Waals surface area (Å²) in [7, 11) is -3.57. The molecule has 0 fully saturated rings. The molecule has 9 nitrogen and oxygen atoms in total. The van der Waals surface area contributed by atoms with Crippen LogP contribution in [0.5, 0.6) is 17.2 Å². The highest BCUT2D eigenvalue weighted by molar-refractivity contribution is 7.92. The number of para-hydroxylation sites is 2. The monoisotopic (exact) mass is 528 g/mol. The number of hydrogen-bond donors (Lipinski definition) is 4. The first-order valence-electron chi connectivity index (χ1n) is 12.0. The summed E-state index contributed by atoms with van der Waals surface area (Å²) in [6, 6.07) is 21.8. The third-order valence-corrected chi connectivity index (χ3v) is 6.45. The molecule has 198 valence electrons. The molecule has 10 heteroatoms. The molecule has 0 amide bonds. The summed E-state index contributed by atoms with van der Waals surface area (Å²) in [5, 5.41) is 23.7. The van der Waals surface area contributed by atoms with Crippen molar-refractivity contribution in [3.05, 3.63) is 83.9 Å². The lowest BCUT2D eigenvalue weighted by atomic mass is 10.1. The number of benzene rings is 3. The van der Waals surface area contributed by atoms with Gasteiger partial charge in [0.15, 0.2) is 17.6 Å². The van der Waals surface area contributed by atoms with Crippen LogP contribution in [0.4, 0.5) is 5.69 Å². The number of rotatable bonds is 12. The maximum absolute atomic E-state index is 11.5. The number of fused-ring (bicyclic) bond motifs is 1. The summed E-state index contributed by atoms with van der Waals surface area (Å²) in [4.78, 5) is 0. The van der Waals surface area contributed by atoms with Crippen molar-refractivity contribution >= 4 is 15.7 Å². The number of aliphatic hydroxyl groups excluding tert-OH is 1. The van der Waals surface area contributed by atoms with E-state index in [1.807, 2.05) is 54.6 Å². The maximum Gasteiger partial charge on any atom is 0.229 e. The summed E-state index contributed by atoms with van der Waals surface area (Å²) in [6.45, 7) is 1.60. The first-order valence-corrected chi connectivity index (χ1v) is 13.9. The van der Waals surface area contributed by atoms with Crippen molar-refractivity contribution in [1.29, 1.82) is 0 Å². The van der Waals surface area contributed by atoms with Gasteiger partial charge in [-0.05, 0) is 41.9 Å². The van der Waals surface area contributed by atoms with Crippen molar-refractivity contribution in [2.24, 2.45) is 0 Å². The van der Waals surface area contributed by atoms with Crippen LogP contribution < -0.4 is 19.5 Å². The molecule has 0 aliphatic carbocycles. The number of hydrogen-bond acceptors (Lipinski definition) is 8. The van der Waals surface area contributed by atoms with Gasteiger partial charge in [-0.25, -0.2) is 8.42 Å². The van der Waals surface area contributed by atoms with E-state index in [1.165, 1.54) is 12.1 Å². The number of aliphatic hydroxyl groups is 1. The SMILES string of the molecule is CS(=O)(=O)Nc1cc([C@@H](O)CNCCC2Oc3ccccc3O[C@@H]2COCc2ccccc2)ccc1O. The fraction of sp³-hybridized carbons (Fsp3) is 0.333. The lowest BCUT2D eigenvalue weighted by Crippen LogP contribution is -2.44. The van der Waals surface area contributed by atoms with Gasteiger partial charge in [0.2, 0.25) is 10.0 Å². The lowest BCUT2D eigenvalue weighted by molar-refractivity contribution is -0.0408. The van der Waals surface area contributed by atoms with Gasteiger partial charge in [-0.1, -0.05) is 48.5 Å². The van der Waals surface area contributed by atoms with Gasteiger partial charge in [0.05, 0.1) is 31.3 Å². The van der Waals surface area contributed by atoms with Crippen LogP contribution in [0.3, 0.4) is 0 Å². The fourth-order valence-corrected chi connectivity index (χ4v) is 4.58. The molecule has 3 atom stereocenters. The summed E-state index contributed by atoms with van der Waals surface area (Å²) in [5.41, 5.74) is 1.56. The van der Waals surface area contributed by atoms with E-state index in [2.05, 4.69) is 10.0 Å². The van der Waals surface area contributed by atoms with Crippen LogP contribution in [0.25, 0.3) is 0 Å². The summed E-state index contributed by atoms with van der Waals surface area (Å²) in [6.07, 6.45) is 0.139. The van der Waals surface area contributed by atoms with Crippen LogP contribution in [0.2, 0.25) is 0 Å². The third kappa shape index (κ3) is 7.83. The Morgan fingerprint density at radius 2 is 1.65 bits per heavy atom. The Kier molecular flexibility index (Phi) is 8.88. The molecule has 0 aromatic heterocycles. The first-order chi connectivity index (χ1) is 17.8.